The summed E-state index contributed by atoms with van der Waals surface area (Å²) in [6.07, 6.45) is -3.63. The first kappa shape index (κ1) is 33.2. The van der Waals surface area contributed by atoms with Crippen molar-refractivity contribution in [3.8, 4) is 0 Å². The SMILES string of the molecule is C=CS(=O)(=O)NC[C@H]1CCN(S(=O)(=O)c2ccc(CC(=O)N(CC(=O)N(C)C)Cc3ccc(C(F)(F)F)cn3)cc2)C1. The van der Waals surface area contributed by atoms with Crippen LogP contribution in [-0.4, -0.2) is 88.0 Å². The largest absolute Gasteiger partial charge is 0.417 e. The van der Waals surface area contributed by atoms with Crippen LogP contribution in [0.15, 0.2) is 59.5 Å². The predicted octanol–water partition coefficient (Wildman–Crippen LogP) is 1.83. The zero-order chi connectivity index (χ0) is 31.3. The molecular formula is C26H32F3N5O6S2. The summed E-state index contributed by atoms with van der Waals surface area (Å²) in [5.74, 6) is -1.12. The zero-order valence-corrected chi connectivity index (χ0v) is 24.7. The standard InChI is InChI=1S/C26H32F3N5O6S2/c1-4-41(37,38)31-14-20-11-12-34(16-20)42(39,40)23-9-5-19(6-10-23)13-24(35)33(18-25(36)32(2)3)17-22-8-7-21(15-30-22)26(27,28)29/h4-10,15,20,31H,1,11-14,16-18H2,2-3H3/t20-/m1/s1. The van der Waals surface area contributed by atoms with Gasteiger partial charge < -0.3 is 9.80 Å². The fraction of sp³-hybridized carbons (Fsp3) is 0.423. The highest BCUT2D eigenvalue weighted by atomic mass is 32.2. The fourth-order valence-electron chi connectivity index (χ4n) is 4.11. The molecule has 2 amide bonds. The van der Waals surface area contributed by atoms with Gasteiger partial charge in [0.25, 0.3) is 0 Å². The number of hydrogen-bond acceptors (Lipinski definition) is 7. The lowest BCUT2D eigenvalue weighted by molar-refractivity contribution is -0.139. The third kappa shape index (κ3) is 8.83. The van der Waals surface area contributed by atoms with Crippen molar-refractivity contribution in [1.29, 1.82) is 0 Å². The van der Waals surface area contributed by atoms with E-state index < -0.39 is 43.6 Å². The summed E-state index contributed by atoms with van der Waals surface area (Å²) >= 11 is 0. The monoisotopic (exact) mass is 631 g/mol. The van der Waals surface area contributed by atoms with Crippen LogP contribution < -0.4 is 4.72 Å². The second kappa shape index (κ2) is 13.3. The number of carbonyl (C=O) groups excluding carboxylic acids is 2. The van der Waals surface area contributed by atoms with Gasteiger partial charge in [0.05, 0.1) is 29.1 Å². The number of alkyl halides is 3. The number of pyridine rings is 1. The third-order valence-electron chi connectivity index (χ3n) is 6.64. The number of nitrogens with one attached hydrogen (secondary N) is 1. The number of likely N-dealkylation sites (N-methyl/N-ethyl adjacent to an activating group) is 1. The molecule has 230 valence electrons. The summed E-state index contributed by atoms with van der Waals surface area (Å²) in [5.41, 5.74) is -0.324. The maximum atomic E-state index is 13.1. The van der Waals surface area contributed by atoms with Crippen LogP contribution in [-0.2, 0) is 48.8 Å². The number of sulfonamides is 2. The molecule has 1 fully saturated rings. The van der Waals surface area contributed by atoms with Gasteiger partial charge in [0.2, 0.25) is 31.9 Å². The molecule has 0 radical (unpaired) electrons. The van der Waals surface area contributed by atoms with Crippen molar-refractivity contribution in [2.75, 3.05) is 40.3 Å². The summed E-state index contributed by atoms with van der Waals surface area (Å²) in [6, 6.07) is 7.65. The smallest absolute Gasteiger partial charge is 0.347 e. The minimum atomic E-state index is -4.57. The van der Waals surface area contributed by atoms with Crippen LogP contribution in [0.3, 0.4) is 0 Å². The highest BCUT2D eigenvalue weighted by Gasteiger charge is 2.33. The number of benzene rings is 1. The molecule has 0 saturated carbocycles. The van der Waals surface area contributed by atoms with E-state index in [-0.39, 0.29) is 55.7 Å². The summed E-state index contributed by atoms with van der Waals surface area (Å²) in [7, 11) is -4.48. The van der Waals surface area contributed by atoms with Gasteiger partial charge in [-0.25, -0.2) is 21.6 Å². The summed E-state index contributed by atoms with van der Waals surface area (Å²) in [4.78, 5) is 31.7. The van der Waals surface area contributed by atoms with Gasteiger partial charge in [-0.1, -0.05) is 18.7 Å². The molecule has 2 aromatic rings. The maximum absolute atomic E-state index is 13.1. The minimum Gasteiger partial charge on any atom is -0.347 e. The highest BCUT2D eigenvalue weighted by molar-refractivity contribution is 7.92. The van der Waals surface area contributed by atoms with Crippen molar-refractivity contribution >= 4 is 31.9 Å². The van der Waals surface area contributed by atoms with Crippen LogP contribution in [0, 0.1) is 5.92 Å². The fourth-order valence-corrected chi connectivity index (χ4v) is 6.22. The van der Waals surface area contributed by atoms with Gasteiger partial charge in [0.1, 0.15) is 6.54 Å². The van der Waals surface area contributed by atoms with Gasteiger partial charge in [-0.2, -0.15) is 17.5 Å². The number of halogens is 3. The average Bonchev–Trinajstić information content (AvgIpc) is 3.42. The lowest BCUT2D eigenvalue weighted by Crippen LogP contribution is -2.40. The van der Waals surface area contributed by atoms with E-state index in [1.165, 1.54) is 52.5 Å². The lowest BCUT2D eigenvalue weighted by Gasteiger charge is -2.24. The van der Waals surface area contributed by atoms with Gasteiger partial charge in [0.15, 0.2) is 0 Å². The van der Waals surface area contributed by atoms with Crippen molar-refractivity contribution in [1.82, 2.24) is 23.8 Å². The van der Waals surface area contributed by atoms with E-state index in [4.69, 9.17) is 0 Å². The van der Waals surface area contributed by atoms with Gasteiger partial charge in [-0.15, -0.1) is 0 Å². The Labute approximate surface area is 243 Å². The molecule has 0 bridgehead atoms. The van der Waals surface area contributed by atoms with Crippen LogP contribution in [0.4, 0.5) is 13.2 Å². The quantitative estimate of drug-likeness (QED) is 0.378. The first-order valence-corrected chi connectivity index (χ1v) is 15.7. The Morgan fingerprint density at radius 3 is 2.31 bits per heavy atom. The van der Waals surface area contributed by atoms with Crippen LogP contribution >= 0.6 is 0 Å². The van der Waals surface area contributed by atoms with Gasteiger partial charge in [-0.3, -0.25) is 14.6 Å². The summed E-state index contributed by atoms with van der Waals surface area (Å²) in [6.45, 7) is 3.11. The van der Waals surface area contributed by atoms with E-state index >= 15 is 0 Å². The lowest BCUT2D eigenvalue weighted by atomic mass is 10.1. The topological polar surface area (TPSA) is 137 Å². The van der Waals surface area contributed by atoms with Crippen molar-refractivity contribution < 1.29 is 39.6 Å². The summed E-state index contributed by atoms with van der Waals surface area (Å²) < 4.78 is 91.7. The van der Waals surface area contributed by atoms with E-state index in [1.54, 1.807) is 0 Å². The first-order valence-electron chi connectivity index (χ1n) is 12.7. The van der Waals surface area contributed by atoms with E-state index in [1.807, 2.05) is 0 Å². The maximum Gasteiger partial charge on any atom is 0.417 e. The highest BCUT2D eigenvalue weighted by Crippen LogP contribution is 2.28. The molecule has 1 N–H and O–H groups in total. The molecule has 1 aliphatic heterocycles. The van der Waals surface area contributed by atoms with Crippen LogP contribution in [0.25, 0.3) is 0 Å². The Morgan fingerprint density at radius 2 is 1.76 bits per heavy atom. The average molecular weight is 632 g/mol. The second-order valence-corrected chi connectivity index (χ2v) is 13.6. The van der Waals surface area contributed by atoms with Gasteiger partial charge in [0, 0.05) is 45.3 Å². The number of amides is 2. The normalized spacial score (nSPS) is 16.3. The second-order valence-electron chi connectivity index (χ2n) is 9.97. The molecule has 16 heteroatoms. The molecule has 0 unspecified atom stereocenters. The molecule has 1 atom stereocenters. The molecule has 3 rings (SSSR count). The number of hydrogen-bond donors (Lipinski definition) is 1. The van der Waals surface area contributed by atoms with E-state index in [0.717, 1.165) is 17.5 Å². The molecule has 1 aromatic carbocycles. The van der Waals surface area contributed by atoms with Gasteiger partial charge >= 0.3 is 6.18 Å². The van der Waals surface area contributed by atoms with Crippen molar-refractivity contribution in [3.63, 3.8) is 0 Å². The van der Waals surface area contributed by atoms with Crippen LogP contribution in [0.2, 0.25) is 0 Å². The Hall–Kier alpha value is -3.34. The first-order chi connectivity index (χ1) is 19.5. The number of carbonyl (C=O) groups is 2. The number of aromatic nitrogens is 1. The van der Waals surface area contributed by atoms with Crippen molar-refractivity contribution in [2.24, 2.45) is 5.92 Å². The molecule has 11 nitrogen and oxygen atoms in total. The zero-order valence-electron chi connectivity index (χ0n) is 23.0. The van der Waals surface area contributed by atoms with Crippen LogP contribution in [0.1, 0.15) is 23.2 Å². The molecular weight excluding hydrogens is 599 g/mol. The van der Waals surface area contributed by atoms with Crippen LogP contribution in [0.5, 0.6) is 0 Å². The number of rotatable bonds is 12. The molecule has 2 heterocycles. The predicted molar refractivity (Wildman–Crippen MR) is 147 cm³/mol. The Morgan fingerprint density at radius 1 is 1.10 bits per heavy atom. The van der Waals surface area contributed by atoms with E-state index in [2.05, 4.69) is 16.3 Å². The van der Waals surface area contributed by atoms with Crippen molar-refractivity contribution in [2.45, 2.75) is 30.5 Å². The molecule has 0 aliphatic carbocycles. The molecule has 42 heavy (non-hydrogen) atoms. The molecule has 0 spiro atoms. The molecule has 1 saturated heterocycles. The van der Waals surface area contributed by atoms with E-state index in [0.29, 0.717) is 18.2 Å². The van der Waals surface area contributed by atoms with Gasteiger partial charge in [-0.05, 0) is 42.2 Å². The third-order valence-corrected chi connectivity index (χ3v) is 9.53. The van der Waals surface area contributed by atoms with E-state index in [9.17, 15) is 39.6 Å². The summed E-state index contributed by atoms with van der Waals surface area (Å²) in [5, 5.41) is 0.785. The Bertz CT molecular complexity index is 1500. The minimum absolute atomic E-state index is 0.000354. The molecule has 1 aliphatic rings. The Balaban J connectivity index is 1.68. The van der Waals surface area contributed by atoms with Crippen molar-refractivity contribution in [3.05, 3.63) is 71.4 Å². The Kier molecular flexibility index (Phi) is 10.5. The molecule has 1 aromatic heterocycles. The number of nitrogens with zero attached hydrogens (tertiary/aromatic N) is 4.